The average Bonchev–Trinajstić information content (AvgIpc) is 3.03. The SMILES string of the molecule is C#CCn1ccnc1CNc1nnc(CCCC)o1. The zero-order valence-corrected chi connectivity index (χ0v) is 11.0. The first-order chi connectivity index (χ1) is 9.33. The molecule has 0 radical (unpaired) electrons. The number of hydrogen-bond donors (Lipinski definition) is 1. The maximum Gasteiger partial charge on any atom is 0.315 e. The molecule has 0 aromatic carbocycles. The van der Waals surface area contributed by atoms with E-state index in [0.717, 1.165) is 25.1 Å². The summed E-state index contributed by atoms with van der Waals surface area (Å²) in [7, 11) is 0. The van der Waals surface area contributed by atoms with Crippen LogP contribution in [0.25, 0.3) is 0 Å². The molecule has 1 N–H and O–H groups in total. The van der Waals surface area contributed by atoms with Gasteiger partial charge in [0.05, 0.1) is 13.1 Å². The molecular formula is C13H17N5O. The number of rotatable bonds is 7. The molecule has 0 unspecified atom stereocenters. The van der Waals surface area contributed by atoms with Gasteiger partial charge in [0.1, 0.15) is 5.82 Å². The number of imidazole rings is 1. The first-order valence-corrected chi connectivity index (χ1v) is 6.33. The minimum Gasteiger partial charge on any atom is -0.408 e. The fourth-order valence-corrected chi connectivity index (χ4v) is 1.66. The van der Waals surface area contributed by atoms with Crippen LogP contribution in [0.5, 0.6) is 0 Å². The van der Waals surface area contributed by atoms with Crippen molar-refractivity contribution in [1.29, 1.82) is 0 Å². The van der Waals surface area contributed by atoms with Gasteiger partial charge in [-0.15, -0.1) is 11.5 Å². The molecule has 2 aromatic heterocycles. The van der Waals surface area contributed by atoms with Crippen molar-refractivity contribution in [3.8, 4) is 12.3 Å². The molecule has 2 heterocycles. The van der Waals surface area contributed by atoms with Gasteiger partial charge in [-0.3, -0.25) is 0 Å². The molecule has 0 fully saturated rings. The van der Waals surface area contributed by atoms with Gasteiger partial charge in [0.15, 0.2) is 0 Å². The fourth-order valence-electron chi connectivity index (χ4n) is 1.66. The van der Waals surface area contributed by atoms with Gasteiger partial charge in [-0.25, -0.2) is 4.98 Å². The topological polar surface area (TPSA) is 68.8 Å². The molecule has 0 atom stereocenters. The Bertz CT molecular complexity index is 551. The largest absolute Gasteiger partial charge is 0.408 e. The molecule has 6 heteroatoms. The molecule has 19 heavy (non-hydrogen) atoms. The minimum absolute atomic E-state index is 0.418. The van der Waals surface area contributed by atoms with Crippen molar-refractivity contribution in [2.75, 3.05) is 5.32 Å². The van der Waals surface area contributed by atoms with E-state index in [1.165, 1.54) is 0 Å². The summed E-state index contributed by atoms with van der Waals surface area (Å²) in [5.41, 5.74) is 0. The Balaban J connectivity index is 1.89. The van der Waals surface area contributed by atoms with E-state index in [0.29, 0.717) is 25.0 Å². The molecule has 0 aliphatic carbocycles. The van der Waals surface area contributed by atoms with Crippen LogP contribution in [0.1, 0.15) is 31.5 Å². The molecule has 2 rings (SSSR count). The van der Waals surface area contributed by atoms with Crippen molar-refractivity contribution in [3.05, 3.63) is 24.1 Å². The number of nitrogens with zero attached hydrogens (tertiary/aromatic N) is 4. The van der Waals surface area contributed by atoms with Gasteiger partial charge in [-0.2, -0.15) is 0 Å². The van der Waals surface area contributed by atoms with Crippen molar-refractivity contribution >= 4 is 6.01 Å². The monoisotopic (exact) mass is 259 g/mol. The van der Waals surface area contributed by atoms with Crippen molar-refractivity contribution < 1.29 is 4.42 Å². The molecule has 0 saturated heterocycles. The van der Waals surface area contributed by atoms with E-state index >= 15 is 0 Å². The van der Waals surface area contributed by atoms with Crippen molar-refractivity contribution in [2.24, 2.45) is 0 Å². The van der Waals surface area contributed by atoms with E-state index < -0.39 is 0 Å². The first-order valence-electron chi connectivity index (χ1n) is 6.33. The lowest BCUT2D eigenvalue weighted by Crippen LogP contribution is -2.08. The third kappa shape index (κ3) is 3.58. The van der Waals surface area contributed by atoms with Crippen LogP contribution in [0.15, 0.2) is 16.8 Å². The minimum atomic E-state index is 0.418. The van der Waals surface area contributed by atoms with E-state index in [9.17, 15) is 0 Å². The van der Waals surface area contributed by atoms with Gasteiger partial charge >= 0.3 is 6.01 Å². The Labute approximate surface area is 112 Å². The van der Waals surface area contributed by atoms with Gasteiger partial charge in [-0.1, -0.05) is 24.4 Å². The first kappa shape index (κ1) is 13.1. The molecule has 6 nitrogen and oxygen atoms in total. The summed E-state index contributed by atoms with van der Waals surface area (Å²) in [5, 5.41) is 11.0. The summed E-state index contributed by atoms with van der Waals surface area (Å²) in [6, 6.07) is 0.418. The summed E-state index contributed by atoms with van der Waals surface area (Å²) >= 11 is 0. The zero-order chi connectivity index (χ0) is 13.5. The van der Waals surface area contributed by atoms with Crippen molar-refractivity contribution in [3.63, 3.8) is 0 Å². The Morgan fingerprint density at radius 2 is 2.37 bits per heavy atom. The predicted molar refractivity (Wildman–Crippen MR) is 71.3 cm³/mol. The third-order valence-electron chi connectivity index (χ3n) is 2.67. The number of terminal acetylenes is 1. The van der Waals surface area contributed by atoms with Crippen LogP contribution in [0, 0.1) is 12.3 Å². The van der Waals surface area contributed by atoms with Gasteiger partial charge in [-0.05, 0) is 6.42 Å². The highest BCUT2D eigenvalue weighted by Crippen LogP contribution is 2.09. The third-order valence-corrected chi connectivity index (χ3v) is 2.67. The van der Waals surface area contributed by atoms with Crippen LogP contribution in [0.3, 0.4) is 0 Å². The summed E-state index contributed by atoms with van der Waals surface area (Å²) in [6.45, 7) is 3.13. The maximum atomic E-state index is 5.47. The number of anilines is 1. The molecule has 0 aliphatic rings. The van der Waals surface area contributed by atoms with Crippen LogP contribution in [0.4, 0.5) is 6.01 Å². The van der Waals surface area contributed by atoms with Crippen LogP contribution in [-0.2, 0) is 19.5 Å². The van der Waals surface area contributed by atoms with E-state index in [4.69, 9.17) is 10.8 Å². The Morgan fingerprint density at radius 3 is 3.16 bits per heavy atom. The highest BCUT2D eigenvalue weighted by atomic mass is 16.4. The van der Waals surface area contributed by atoms with E-state index in [2.05, 4.69) is 33.3 Å². The Kier molecular flexibility index (Phi) is 4.56. The van der Waals surface area contributed by atoms with Crippen LogP contribution < -0.4 is 5.32 Å². The van der Waals surface area contributed by atoms with Crippen LogP contribution in [-0.4, -0.2) is 19.7 Å². The second-order valence-corrected chi connectivity index (χ2v) is 4.13. The lowest BCUT2D eigenvalue weighted by molar-refractivity contribution is 0.494. The highest BCUT2D eigenvalue weighted by Gasteiger charge is 2.07. The predicted octanol–water partition coefficient (Wildman–Crippen LogP) is 1.85. The molecule has 2 aromatic rings. The number of aromatic nitrogens is 4. The Hall–Kier alpha value is -2.29. The normalized spacial score (nSPS) is 10.3. The van der Waals surface area contributed by atoms with Crippen LogP contribution in [0.2, 0.25) is 0 Å². The van der Waals surface area contributed by atoms with E-state index in [1.54, 1.807) is 6.20 Å². The molecule has 0 bridgehead atoms. The Morgan fingerprint density at radius 1 is 1.47 bits per heavy atom. The van der Waals surface area contributed by atoms with Crippen molar-refractivity contribution in [2.45, 2.75) is 39.3 Å². The van der Waals surface area contributed by atoms with Gasteiger partial charge < -0.3 is 14.3 Å². The number of unbranched alkanes of at least 4 members (excludes halogenated alkanes) is 1. The average molecular weight is 259 g/mol. The summed E-state index contributed by atoms with van der Waals surface area (Å²) in [5.74, 6) is 4.08. The van der Waals surface area contributed by atoms with E-state index in [1.807, 2.05) is 10.8 Å². The van der Waals surface area contributed by atoms with E-state index in [-0.39, 0.29) is 0 Å². The lowest BCUT2D eigenvalue weighted by atomic mass is 10.2. The lowest BCUT2D eigenvalue weighted by Gasteiger charge is -2.03. The number of nitrogens with one attached hydrogen (secondary N) is 1. The maximum absolute atomic E-state index is 5.47. The highest BCUT2D eigenvalue weighted by molar-refractivity contribution is 5.18. The quantitative estimate of drug-likeness (QED) is 0.768. The molecule has 0 saturated carbocycles. The molecule has 0 amide bonds. The smallest absolute Gasteiger partial charge is 0.315 e. The molecule has 100 valence electrons. The van der Waals surface area contributed by atoms with Crippen LogP contribution >= 0.6 is 0 Å². The second-order valence-electron chi connectivity index (χ2n) is 4.13. The van der Waals surface area contributed by atoms with Gasteiger partial charge in [0, 0.05) is 18.8 Å². The zero-order valence-electron chi connectivity index (χ0n) is 11.0. The number of aryl methyl sites for hydroxylation is 1. The summed E-state index contributed by atoms with van der Waals surface area (Å²) in [6.07, 6.45) is 11.8. The standard InChI is InChI=1S/C13H17N5O/c1-3-5-6-12-16-17-13(19-12)15-10-11-14-7-9-18(11)8-4-2/h2,7,9H,3,5-6,8,10H2,1H3,(H,15,17). The fraction of sp³-hybridized carbons (Fsp3) is 0.462. The summed E-state index contributed by atoms with van der Waals surface area (Å²) < 4.78 is 7.36. The molecule has 0 aliphatic heterocycles. The second kappa shape index (κ2) is 6.59. The van der Waals surface area contributed by atoms with Gasteiger partial charge in [0.25, 0.3) is 0 Å². The molecular weight excluding hydrogens is 242 g/mol. The van der Waals surface area contributed by atoms with Crippen molar-refractivity contribution in [1.82, 2.24) is 19.7 Å². The summed E-state index contributed by atoms with van der Waals surface area (Å²) in [4.78, 5) is 4.22. The number of hydrogen-bond acceptors (Lipinski definition) is 5. The molecule has 0 spiro atoms. The van der Waals surface area contributed by atoms with Gasteiger partial charge in [0.2, 0.25) is 5.89 Å².